The predicted octanol–water partition coefficient (Wildman–Crippen LogP) is 4.36. The molecule has 0 saturated heterocycles. The quantitative estimate of drug-likeness (QED) is 0.860. The van der Waals surface area contributed by atoms with Gasteiger partial charge in [-0.1, -0.05) is 74.0 Å². The molecule has 0 radical (unpaired) electrons. The SMILES string of the molecule is CCC(N)(c1ccccc1)C(C)c1ccc(C)cc1. The molecule has 0 fully saturated rings. The van der Waals surface area contributed by atoms with Crippen LogP contribution in [-0.2, 0) is 5.54 Å². The topological polar surface area (TPSA) is 26.0 Å². The fourth-order valence-electron chi connectivity index (χ4n) is 2.66. The highest BCUT2D eigenvalue weighted by Crippen LogP contribution is 2.37. The van der Waals surface area contributed by atoms with E-state index in [-0.39, 0.29) is 5.54 Å². The first kappa shape index (κ1) is 13.8. The van der Waals surface area contributed by atoms with Crippen molar-refractivity contribution in [3.63, 3.8) is 0 Å². The Bertz CT molecular complexity index is 515. The highest BCUT2D eigenvalue weighted by molar-refractivity contribution is 5.33. The van der Waals surface area contributed by atoms with Crippen LogP contribution < -0.4 is 5.73 Å². The summed E-state index contributed by atoms with van der Waals surface area (Å²) in [7, 11) is 0. The van der Waals surface area contributed by atoms with Crippen molar-refractivity contribution in [1.82, 2.24) is 0 Å². The van der Waals surface area contributed by atoms with Crippen LogP contribution in [-0.4, -0.2) is 0 Å². The summed E-state index contributed by atoms with van der Waals surface area (Å²) in [6.07, 6.45) is 0.923. The third kappa shape index (κ3) is 2.71. The van der Waals surface area contributed by atoms with Gasteiger partial charge in [0.2, 0.25) is 0 Å². The average molecular weight is 253 g/mol. The fourth-order valence-corrected chi connectivity index (χ4v) is 2.66. The Morgan fingerprint density at radius 1 is 1.00 bits per heavy atom. The number of rotatable bonds is 4. The Hall–Kier alpha value is -1.60. The molecule has 1 nitrogen and oxygen atoms in total. The maximum atomic E-state index is 6.73. The maximum absolute atomic E-state index is 6.73. The van der Waals surface area contributed by atoms with Gasteiger partial charge < -0.3 is 5.73 Å². The summed E-state index contributed by atoms with van der Waals surface area (Å²) in [5.74, 6) is 0.292. The molecular weight excluding hydrogens is 230 g/mol. The second kappa shape index (κ2) is 5.58. The zero-order valence-corrected chi connectivity index (χ0v) is 12.1. The lowest BCUT2D eigenvalue weighted by Gasteiger charge is -2.35. The lowest BCUT2D eigenvalue weighted by molar-refractivity contribution is 0.359. The average Bonchev–Trinajstić information content (AvgIpc) is 2.47. The van der Waals surface area contributed by atoms with Crippen molar-refractivity contribution in [2.75, 3.05) is 0 Å². The van der Waals surface area contributed by atoms with Crippen LogP contribution in [0.2, 0.25) is 0 Å². The molecule has 0 aliphatic rings. The van der Waals surface area contributed by atoms with E-state index < -0.39 is 0 Å². The summed E-state index contributed by atoms with van der Waals surface area (Å²) < 4.78 is 0. The third-order valence-corrected chi connectivity index (χ3v) is 4.25. The minimum atomic E-state index is -0.309. The van der Waals surface area contributed by atoms with E-state index in [0.717, 1.165) is 6.42 Å². The molecule has 2 aromatic rings. The molecular formula is C18H23N. The summed E-state index contributed by atoms with van der Waals surface area (Å²) in [6.45, 7) is 6.50. The number of nitrogens with two attached hydrogens (primary N) is 1. The van der Waals surface area contributed by atoms with E-state index in [1.165, 1.54) is 16.7 Å². The van der Waals surface area contributed by atoms with E-state index in [1.54, 1.807) is 0 Å². The molecule has 0 amide bonds. The molecule has 100 valence electrons. The zero-order valence-electron chi connectivity index (χ0n) is 12.1. The van der Waals surface area contributed by atoms with Crippen molar-refractivity contribution in [1.29, 1.82) is 0 Å². The molecule has 2 unspecified atom stereocenters. The normalized spacial score (nSPS) is 15.8. The van der Waals surface area contributed by atoms with Gasteiger partial charge in [0.15, 0.2) is 0 Å². The van der Waals surface area contributed by atoms with E-state index in [9.17, 15) is 0 Å². The van der Waals surface area contributed by atoms with Crippen LogP contribution in [0, 0.1) is 6.92 Å². The molecule has 0 aliphatic carbocycles. The molecule has 2 rings (SSSR count). The summed E-state index contributed by atoms with van der Waals surface area (Å²) in [4.78, 5) is 0. The van der Waals surface area contributed by atoms with Crippen LogP contribution >= 0.6 is 0 Å². The van der Waals surface area contributed by atoms with Gasteiger partial charge in [-0.05, 0) is 24.5 Å². The van der Waals surface area contributed by atoms with Gasteiger partial charge in [0.25, 0.3) is 0 Å². The van der Waals surface area contributed by atoms with E-state index in [0.29, 0.717) is 5.92 Å². The Morgan fingerprint density at radius 3 is 2.11 bits per heavy atom. The predicted molar refractivity (Wildman–Crippen MR) is 82.2 cm³/mol. The van der Waals surface area contributed by atoms with Crippen LogP contribution in [0.15, 0.2) is 54.6 Å². The molecule has 0 heterocycles. The maximum Gasteiger partial charge on any atom is 0.0473 e. The Morgan fingerprint density at radius 2 is 1.58 bits per heavy atom. The second-order valence-electron chi connectivity index (χ2n) is 5.39. The van der Waals surface area contributed by atoms with Crippen molar-refractivity contribution >= 4 is 0 Å². The molecule has 2 N–H and O–H groups in total. The van der Waals surface area contributed by atoms with Crippen molar-refractivity contribution in [3.05, 3.63) is 71.3 Å². The van der Waals surface area contributed by atoms with Gasteiger partial charge in [0, 0.05) is 11.5 Å². The summed E-state index contributed by atoms with van der Waals surface area (Å²) in [5, 5.41) is 0. The summed E-state index contributed by atoms with van der Waals surface area (Å²) >= 11 is 0. The minimum Gasteiger partial charge on any atom is -0.321 e. The van der Waals surface area contributed by atoms with Crippen molar-refractivity contribution in [2.45, 2.75) is 38.6 Å². The van der Waals surface area contributed by atoms with Crippen LogP contribution in [0.5, 0.6) is 0 Å². The smallest absolute Gasteiger partial charge is 0.0473 e. The van der Waals surface area contributed by atoms with E-state index in [1.807, 2.05) is 6.07 Å². The molecule has 0 aromatic heterocycles. The van der Waals surface area contributed by atoms with E-state index >= 15 is 0 Å². The number of aryl methyl sites for hydroxylation is 1. The Kier molecular flexibility index (Phi) is 4.06. The molecule has 2 atom stereocenters. The number of hydrogen-bond donors (Lipinski definition) is 1. The molecule has 1 heteroatoms. The number of benzene rings is 2. The zero-order chi connectivity index (χ0) is 13.9. The van der Waals surface area contributed by atoms with Gasteiger partial charge in [0.05, 0.1) is 0 Å². The Balaban J connectivity index is 2.38. The van der Waals surface area contributed by atoms with E-state index in [2.05, 4.69) is 69.3 Å². The van der Waals surface area contributed by atoms with Crippen molar-refractivity contribution < 1.29 is 0 Å². The lowest BCUT2D eigenvalue weighted by Crippen LogP contribution is -2.41. The van der Waals surface area contributed by atoms with Gasteiger partial charge in [-0.25, -0.2) is 0 Å². The van der Waals surface area contributed by atoms with Crippen LogP contribution in [0.3, 0.4) is 0 Å². The Labute approximate surface area is 116 Å². The fraction of sp³-hybridized carbons (Fsp3) is 0.333. The van der Waals surface area contributed by atoms with Gasteiger partial charge in [-0.2, -0.15) is 0 Å². The largest absolute Gasteiger partial charge is 0.321 e. The third-order valence-electron chi connectivity index (χ3n) is 4.25. The first-order valence-corrected chi connectivity index (χ1v) is 6.99. The first-order chi connectivity index (χ1) is 9.08. The highest BCUT2D eigenvalue weighted by Gasteiger charge is 2.32. The molecule has 19 heavy (non-hydrogen) atoms. The number of hydrogen-bond acceptors (Lipinski definition) is 1. The molecule has 0 saturated carbocycles. The molecule has 2 aromatic carbocycles. The van der Waals surface area contributed by atoms with Gasteiger partial charge in [-0.3, -0.25) is 0 Å². The minimum absolute atomic E-state index is 0.292. The van der Waals surface area contributed by atoms with Gasteiger partial charge in [-0.15, -0.1) is 0 Å². The molecule has 0 spiro atoms. The lowest BCUT2D eigenvalue weighted by atomic mass is 9.74. The van der Waals surface area contributed by atoms with Gasteiger partial charge in [0.1, 0.15) is 0 Å². The second-order valence-corrected chi connectivity index (χ2v) is 5.39. The van der Waals surface area contributed by atoms with Crippen LogP contribution in [0.25, 0.3) is 0 Å². The molecule has 0 aliphatic heterocycles. The standard InChI is InChI=1S/C18H23N/c1-4-18(19,17-8-6-5-7-9-17)15(3)16-12-10-14(2)11-13-16/h5-13,15H,4,19H2,1-3H3. The monoisotopic (exact) mass is 253 g/mol. The molecule has 0 bridgehead atoms. The van der Waals surface area contributed by atoms with Crippen LogP contribution in [0.4, 0.5) is 0 Å². The first-order valence-electron chi connectivity index (χ1n) is 6.99. The van der Waals surface area contributed by atoms with Crippen molar-refractivity contribution in [3.8, 4) is 0 Å². The summed E-state index contributed by atoms with van der Waals surface area (Å²) in [5.41, 5.74) is 10.2. The van der Waals surface area contributed by atoms with Crippen LogP contribution in [0.1, 0.15) is 42.9 Å². The van der Waals surface area contributed by atoms with Crippen molar-refractivity contribution in [2.24, 2.45) is 5.73 Å². The van der Waals surface area contributed by atoms with E-state index in [4.69, 9.17) is 5.73 Å². The van der Waals surface area contributed by atoms with Gasteiger partial charge >= 0.3 is 0 Å². The summed E-state index contributed by atoms with van der Waals surface area (Å²) in [6, 6.07) is 19.1. The highest BCUT2D eigenvalue weighted by atomic mass is 14.8.